The number of aryl methyl sites for hydroxylation is 1. The standard InChI is InChI=1S/C17H20N4O2/c1-11-8-15(20-17(18-2)19-11)21-7-6-12-9-13(16(22)23-3)4-5-14(12)10-21/h4-5,8-9H,6-7,10H2,1-3H3,(H,18,19,20). The summed E-state index contributed by atoms with van der Waals surface area (Å²) in [6, 6.07) is 7.75. The second-order valence-corrected chi connectivity index (χ2v) is 5.59. The maximum Gasteiger partial charge on any atom is 0.337 e. The maximum atomic E-state index is 11.6. The Morgan fingerprint density at radius 2 is 2.09 bits per heavy atom. The predicted octanol–water partition coefficient (Wildman–Crippen LogP) is 2.18. The second kappa shape index (κ2) is 6.24. The molecule has 6 heteroatoms. The Kier molecular flexibility index (Phi) is 4.14. The topological polar surface area (TPSA) is 67.4 Å². The quantitative estimate of drug-likeness (QED) is 0.876. The molecule has 120 valence electrons. The lowest BCUT2D eigenvalue weighted by Crippen LogP contribution is -2.31. The van der Waals surface area contributed by atoms with Gasteiger partial charge < -0.3 is 15.0 Å². The number of ether oxygens (including phenoxy) is 1. The average molecular weight is 312 g/mol. The molecule has 1 aliphatic heterocycles. The van der Waals surface area contributed by atoms with E-state index in [9.17, 15) is 4.79 Å². The lowest BCUT2D eigenvalue weighted by molar-refractivity contribution is 0.0600. The summed E-state index contributed by atoms with van der Waals surface area (Å²) in [5, 5.41) is 2.99. The highest BCUT2D eigenvalue weighted by Crippen LogP contribution is 2.25. The van der Waals surface area contributed by atoms with Crippen LogP contribution in [0, 0.1) is 6.92 Å². The zero-order valence-electron chi connectivity index (χ0n) is 13.6. The van der Waals surface area contributed by atoms with E-state index >= 15 is 0 Å². The summed E-state index contributed by atoms with van der Waals surface area (Å²) in [5.41, 5.74) is 3.95. The monoisotopic (exact) mass is 312 g/mol. The van der Waals surface area contributed by atoms with Crippen LogP contribution in [0.15, 0.2) is 24.3 Å². The molecule has 0 saturated carbocycles. The summed E-state index contributed by atoms with van der Waals surface area (Å²) in [5.74, 6) is 1.26. The Morgan fingerprint density at radius 3 is 2.83 bits per heavy atom. The number of methoxy groups -OCH3 is 1. The Morgan fingerprint density at radius 1 is 1.26 bits per heavy atom. The van der Waals surface area contributed by atoms with Crippen molar-refractivity contribution in [2.24, 2.45) is 0 Å². The highest BCUT2D eigenvalue weighted by atomic mass is 16.5. The smallest absolute Gasteiger partial charge is 0.337 e. The van der Waals surface area contributed by atoms with Gasteiger partial charge in [0.25, 0.3) is 0 Å². The van der Waals surface area contributed by atoms with Crippen molar-refractivity contribution in [1.29, 1.82) is 0 Å². The van der Waals surface area contributed by atoms with Crippen LogP contribution in [0.4, 0.5) is 11.8 Å². The van der Waals surface area contributed by atoms with Crippen molar-refractivity contribution in [3.63, 3.8) is 0 Å². The van der Waals surface area contributed by atoms with Crippen molar-refractivity contribution in [2.75, 3.05) is 30.9 Å². The fourth-order valence-corrected chi connectivity index (χ4v) is 2.82. The van der Waals surface area contributed by atoms with Crippen LogP contribution in [0.3, 0.4) is 0 Å². The van der Waals surface area contributed by atoms with Crippen LogP contribution in [-0.4, -0.2) is 36.6 Å². The molecule has 1 aromatic carbocycles. The highest BCUT2D eigenvalue weighted by molar-refractivity contribution is 5.89. The normalized spacial score (nSPS) is 13.4. The minimum absolute atomic E-state index is 0.291. The minimum atomic E-state index is -0.291. The van der Waals surface area contributed by atoms with Gasteiger partial charge in [-0.1, -0.05) is 6.07 Å². The molecule has 2 heterocycles. The second-order valence-electron chi connectivity index (χ2n) is 5.59. The van der Waals surface area contributed by atoms with E-state index in [0.717, 1.165) is 31.0 Å². The zero-order valence-corrected chi connectivity index (χ0v) is 13.6. The van der Waals surface area contributed by atoms with Gasteiger partial charge >= 0.3 is 5.97 Å². The van der Waals surface area contributed by atoms with Gasteiger partial charge in [0.1, 0.15) is 5.82 Å². The average Bonchev–Trinajstić information content (AvgIpc) is 2.59. The van der Waals surface area contributed by atoms with Crippen LogP contribution >= 0.6 is 0 Å². The molecule has 0 radical (unpaired) electrons. The van der Waals surface area contributed by atoms with E-state index in [1.54, 1.807) is 0 Å². The number of benzene rings is 1. The van der Waals surface area contributed by atoms with Gasteiger partial charge in [-0.15, -0.1) is 0 Å². The molecular weight excluding hydrogens is 292 g/mol. The van der Waals surface area contributed by atoms with Crippen LogP contribution < -0.4 is 10.2 Å². The highest BCUT2D eigenvalue weighted by Gasteiger charge is 2.20. The number of fused-ring (bicyclic) bond motifs is 1. The van der Waals surface area contributed by atoms with Crippen molar-refractivity contribution in [3.8, 4) is 0 Å². The first-order valence-electron chi connectivity index (χ1n) is 7.59. The van der Waals surface area contributed by atoms with Gasteiger partial charge in [0.15, 0.2) is 0 Å². The van der Waals surface area contributed by atoms with Crippen molar-refractivity contribution < 1.29 is 9.53 Å². The molecule has 1 N–H and O–H groups in total. The molecule has 23 heavy (non-hydrogen) atoms. The third-order valence-corrected chi connectivity index (χ3v) is 4.03. The van der Waals surface area contributed by atoms with Gasteiger partial charge in [-0.2, -0.15) is 4.98 Å². The molecule has 1 aliphatic rings. The number of aromatic nitrogens is 2. The fourth-order valence-electron chi connectivity index (χ4n) is 2.82. The number of hydrogen-bond donors (Lipinski definition) is 1. The van der Waals surface area contributed by atoms with Gasteiger partial charge in [0, 0.05) is 31.9 Å². The molecule has 0 saturated heterocycles. The van der Waals surface area contributed by atoms with E-state index < -0.39 is 0 Å². The van der Waals surface area contributed by atoms with Crippen LogP contribution in [0.1, 0.15) is 27.2 Å². The Hall–Kier alpha value is -2.63. The largest absolute Gasteiger partial charge is 0.465 e. The van der Waals surface area contributed by atoms with E-state index in [1.807, 2.05) is 38.2 Å². The van der Waals surface area contributed by atoms with E-state index in [-0.39, 0.29) is 5.97 Å². The van der Waals surface area contributed by atoms with E-state index in [4.69, 9.17) is 4.74 Å². The number of carbonyl (C=O) groups is 1. The van der Waals surface area contributed by atoms with Crippen LogP contribution in [0.5, 0.6) is 0 Å². The third kappa shape index (κ3) is 3.11. The van der Waals surface area contributed by atoms with E-state index in [0.29, 0.717) is 11.5 Å². The van der Waals surface area contributed by atoms with E-state index in [2.05, 4.69) is 20.2 Å². The molecule has 0 fully saturated rings. The molecule has 0 amide bonds. The summed E-state index contributed by atoms with van der Waals surface area (Å²) in [7, 11) is 3.22. The maximum absolute atomic E-state index is 11.6. The number of anilines is 2. The molecule has 0 bridgehead atoms. The molecule has 0 unspecified atom stereocenters. The molecule has 0 spiro atoms. The molecule has 2 aromatic rings. The number of nitrogens with one attached hydrogen (secondary N) is 1. The lowest BCUT2D eigenvalue weighted by Gasteiger charge is -2.30. The van der Waals surface area contributed by atoms with Gasteiger partial charge in [0.05, 0.1) is 12.7 Å². The number of rotatable bonds is 3. The summed E-state index contributed by atoms with van der Waals surface area (Å²) in [6.07, 6.45) is 0.873. The molecule has 1 aromatic heterocycles. The third-order valence-electron chi connectivity index (χ3n) is 4.03. The molecule has 0 aliphatic carbocycles. The van der Waals surface area contributed by atoms with Crippen molar-refractivity contribution >= 4 is 17.7 Å². The van der Waals surface area contributed by atoms with Crippen molar-refractivity contribution in [1.82, 2.24) is 9.97 Å². The summed E-state index contributed by atoms with van der Waals surface area (Å²) < 4.78 is 4.78. The van der Waals surface area contributed by atoms with Crippen molar-refractivity contribution in [3.05, 3.63) is 46.6 Å². The Labute approximate surface area is 135 Å². The predicted molar refractivity (Wildman–Crippen MR) is 88.9 cm³/mol. The molecule has 0 atom stereocenters. The minimum Gasteiger partial charge on any atom is -0.465 e. The first-order chi connectivity index (χ1) is 11.1. The molecular formula is C17H20N4O2. The zero-order chi connectivity index (χ0) is 16.4. The fraction of sp³-hybridized carbons (Fsp3) is 0.353. The Bertz CT molecular complexity index is 745. The number of hydrogen-bond acceptors (Lipinski definition) is 6. The van der Waals surface area contributed by atoms with Crippen molar-refractivity contribution in [2.45, 2.75) is 19.9 Å². The summed E-state index contributed by atoms with van der Waals surface area (Å²) in [6.45, 7) is 3.60. The summed E-state index contributed by atoms with van der Waals surface area (Å²) >= 11 is 0. The lowest BCUT2D eigenvalue weighted by atomic mass is 9.97. The van der Waals surface area contributed by atoms with Gasteiger partial charge in [-0.3, -0.25) is 0 Å². The number of esters is 1. The number of carbonyl (C=O) groups excluding carboxylic acids is 1. The first-order valence-corrected chi connectivity index (χ1v) is 7.59. The van der Waals surface area contributed by atoms with E-state index in [1.165, 1.54) is 18.2 Å². The van der Waals surface area contributed by atoms with Gasteiger partial charge in [0.2, 0.25) is 5.95 Å². The van der Waals surface area contributed by atoms with Crippen LogP contribution in [0.2, 0.25) is 0 Å². The Balaban J connectivity index is 1.86. The van der Waals surface area contributed by atoms with Crippen LogP contribution in [0.25, 0.3) is 0 Å². The first kappa shape index (κ1) is 15.3. The molecule has 3 rings (SSSR count). The number of nitrogens with zero attached hydrogens (tertiary/aromatic N) is 3. The molecule has 6 nitrogen and oxygen atoms in total. The van der Waals surface area contributed by atoms with Gasteiger partial charge in [-0.25, -0.2) is 9.78 Å². The summed E-state index contributed by atoms with van der Waals surface area (Å²) in [4.78, 5) is 22.7. The SMILES string of the molecule is CNc1nc(C)cc(N2CCc3cc(C(=O)OC)ccc3C2)n1. The van der Waals surface area contributed by atoms with Crippen LogP contribution in [-0.2, 0) is 17.7 Å². The van der Waals surface area contributed by atoms with Gasteiger partial charge in [-0.05, 0) is 36.6 Å².